The Balaban J connectivity index is 1.53. The molecular weight excluding hydrogens is 426 g/mol. The van der Waals surface area contributed by atoms with Gasteiger partial charge < -0.3 is 16.0 Å². The Morgan fingerprint density at radius 1 is 0.486 bits per heavy atom. The smallest absolute Gasteiger partial charge is 0.0541 e. The molecule has 1 aromatic heterocycles. The van der Waals surface area contributed by atoms with Gasteiger partial charge in [0.05, 0.1) is 11.0 Å². The Morgan fingerprint density at radius 2 is 1.26 bits per heavy atom. The summed E-state index contributed by atoms with van der Waals surface area (Å²) in [5, 5.41) is 7.03. The highest BCUT2D eigenvalue weighted by Gasteiger charge is 2.15. The largest absolute Gasteiger partial charge is 0.399 e. The van der Waals surface area contributed by atoms with Crippen LogP contribution in [0.2, 0.25) is 0 Å². The molecule has 166 valence electrons. The SMILES string of the molecule is Nc1ccc2cc3c(-c4ccc5c(c4)c4ccccc4n5-c4ccccc4)c(N)ccc3cc2c1. The number of nitrogen functional groups attached to an aromatic ring is 2. The van der Waals surface area contributed by atoms with Gasteiger partial charge in [0, 0.05) is 33.4 Å². The standard InChI is InChI=1S/C32H23N3/c33-24-13-10-20-18-27-21(16-23(20)17-24)11-14-29(34)32(27)22-12-15-31-28(19-22)26-8-4-5-9-30(26)35(31)25-6-2-1-3-7-25/h1-19H,33-34H2. The molecule has 3 heteroatoms. The maximum Gasteiger partial charge on any atom is 0.0541 e. The van der Waals surface area contributed by atoms with Crippen LogP contribution in [0.25, 0.3) is 60.2 Å². The molecule has 0 saturated carbocycles. The molecule has 0 fully saturated rings. The molecule has 0 aliphatic rings. The van der Waals surface area contributed by atoms with Gasteiger partial charge >= 0.3 is 0 Å². The van der Waals surface area contributed by atoms with Crippen LogP contribution in [0.5, 0.6) is 0 Å². The number of nitrogens with zero attached hydrogens (tertiary/aromatic N) is 1. The molecule has 4 N–H and O–H groups in total. The minimum Gasteiger partial charge on any atom is -0.399 e. The molecule has 0 aliphatic heterocycles. The molecule has 0 unspecified atom stereocenters. The van der Waals surface area contributed by atoms with Gasteiger partial charge in [0.2, 0.25) is 0 Å². The summed E-state index contributed by atoms with van der Waals surface area (Å²) in [6, 6.07) is 40.4. The summed E-state index contributed by atoms with van der Waals surface area (Å²) in [5.41, 5.74) is 19.9. The maximum absolute atomic E-state index is 6.61. The third-order valence-electron chi connectivity index (χ3n) is 7.01. The van der Waals surface area contributed by atoms with E-state index >= 15 is 0 Å². The Bertz CT molecular complexity index is 1910. The number of anilines is 2. The minimum absolute atomic E-state index is 0.771. The number of benzene rings is 6. The molecule has 0 spiro atoms. The molecule has 3 nitrogen and oxygen atoms in total. The van der Waals surface area contributed by atoms with E-state index < -0.39 is 0 Å². The number of nitrogens with two attached hydrogens (primary N) is 2. The second-order valence-electron chi connectivity index (χ2n) is 9.13. The van der Waals surface area contributed by atoms with Gasteiger partial charge in [0.15, 0.2) is 0 Å². The van der Waals surface area contributed by atoms with Gasteiger partial charge in [0.25, 0.3) is 0 Å². The Hall–Kier alpha value is -4.76. The third kappa shape index (κ3) is 2.99. The van der Waals surface area contributed by atoms with Crippen molar-refractivity contribution < 1.29 is 0 Å². The van der Waals surface area contributed by atoms with E-state index in [1.54, 1.807) is 0 Å². The highest BCUT2D eigenvalue weighted by atomic mass is 15.0. The first kappa shape index (κ1) is 19.7. The molecule has 0 aliphatic carbocycles. The molecule has 1 heterocycles. The third-order valence-corrected chi connectivity index (χ3v) is 7.01. The van der Waals surface area contributed by atoms with Gasteiger partial charge in [-0.05, 0) is 87.8 Å². The van der Waals surface area contributed by atoms with E-state index in [-0.39, 0.29) is 0 Å². The molecule has 6 aromatic carbocycles. The molecule has 0 bridgehead atoms. The van der Waals surface area contributed by atoms with Crippen LogP contribution in [0.4, 0.5) is 11.4 Å². The Morgan fingerprint density at radius 3 is 2.14 bits per heavy atom. The maximum atomic E-state index is 6.61. The van der Waals surface area contributed by atoms with Gasteiger partial charge in [-0.1, -0.05) is 54.6 Å². The van der Waals surface area contributed by atoms with E-state index in [0.717, 1.165) is 49.7 Å². The van der Waals surface area contributed by atoms with Crippen LogP contribution in [0.1, 0.15) is 0 Å². The van der Waals surface area contributed by atoms with Crippen LogP contribution in [0, 0.1) is 0 Å². The number of rotatable bonds is 2. The number of para-hydroxylation sites is 2. The van der Waals surface area contributed by atoms with Crippen LogP contribution in [0.3, 0.4) is 0 Å². The van der Waals surface area contributed by atoms with Crippen molar-refractivity contribution in [3.8, 4) is 16.8 Å². The van der Waals surface area contributed by atoms with Crippen molar-refractivity contribution in [3.05, 3.63) is 115 Å². The van der Waals surface area contributed by atoms with E-state index in [1.165, 1.54) is 21.8 Å². The number of fused-ring (bicyclic) bond motifs is 5. The fraction of sp³-hybridized carbons (Fsp3) is 0. The summed E-state index contributed by atoms with van der Waals surface area (Å²) in [6.07, 6.45) is 0. The zero-order valence-electron chi connectivity index (χ0n) is 19.1. The predicted molar refractivity (Wildman–Crippen MR) is 150 cm³/mol. The van der Waals surface area contributed by atoms with Crippen molar-refractivity contribution in [2.45, 2.75) is 0 Å². The molecule has 7 rings (SSSR count). The first-order valence-corrected chi connectivity index (χ1v) is 11.8. The minimum atomic E-state index is 0.771. The second kappa shape index (κ2) is 7.37. The average molecular weight is 450 g/mol. The van der Waals surface area contributed by atoms with Crippen molar-refractivity contribution >= 4 is 54.7 Å². The molecule has 0 saturated heterocycles. The van der Waals surface area contributed by atoms with E-state index in [2.05, 4.69) is 102 Å². The number of hydrogen-bond acceptors (Lipinski definition) is 2. The lowest BCUT2D eigenvalue weighted by atomic mass is 9.93. The zero-order chi connectivity index (χ0) is 23.5. The lowest BCUT2D eigenvalue weighted by Gasteiger charge is -2.13. The van der Waals surface area contributed by atoms with Crippen LogP contribution in [0.15, 0.2) is 115 Å². The van der Waals surface area contributed by atoms with Gasteiger partial charge in [-0.3, -0.25) is 0 Å². The zero-order valence-corrected chi connectivity index (χ0v) is 19.1. The highest BCUT2D eigenvalue weighted by molar-refractivity contribution is 6.13. The van der Waals surface area contributed by atoms with Crippen LogP contribution in [-0.2, 0) is 0 Å². The second-order valence-corrected chi connectivity index (χ2v) is 9.13. The van der Waals surface area contributed by atoms with Crippen LogP contribution in [-0.4, -0.2) is 4.57 Å². The van der Waals surface area contributed by atoms with Crippen molar-refractivity contribution in [2.24, 2.45) is 0 Å². The molecule has 0 radical (unpaired) electrons. The summed E-state index contributed by atoms with van der Waals surface area (Å²) in [4.78, 5) is 0. The molecule has 7 aromatic rings. The lowest BCUT2D eigenvalue weighted by molar-refractivity contribution is 1.18. The summed E-state index contributed by atoms with van der Waals surface area (Å²) in [7, 11) is 0. The van der Waals surface area contributed by atoms with Crippen molar-refractivity contribution in [2.75, 3.05) is 11.5 Å². The van der Waals surface area contributed by atoms with E-state index in [4.69, 9.17) is 11.5 Å². The summed E-state index contributed by atoms with van der Waals surface area (Å²) in [5.74, 6) is 0. The Kier molecular flexibility index (Phi) is 4.15. The first-order valence-electron chi connectivity index (χ1n) is 11.8. The molecule has 0 atom stereocenters. The fourth-order valence-corrected chi connectivity index (χ4v) is 5.41. The van der Waals surface area contributed by atoms with Crippen LogP contribution >= 0.6 is 0 Å². The van der Waals surface area contributed by atoms with Crippen LogP contribution < -0.4 is 11.5 Å². The monoisotopic (exact) mass is 449 g/mol. The highest BCUT2D eigenvalue weighted by Crippen LogP contribution is 2.40. The quantitative estimate of drug-likeness (QED) is 0.208. The van der Waals surface area contributed by atoms with Crippen molar-refractivity contribution in [1.82, 2.24) is 4.57 Å². The summed E-state index contributed by atoms with van der Waals surface area (Å²) in [6.45, 7) is 0. The first-order chi connectivity index (χ1) is 17.2. The van der Waals surface area contributed by atoms with E-state index in [9.17, 15) is 0 Å². The van der Waals surface area contributed by atoms with E-state index in [0.29, 0.717) is 0 Å². The molecular formula is C32H23N3. The average Bonchev–Trinajstić information content (AvgIpc) is 3.22. The van der Waals surface area contributed by atoms with Gasteiger partial charge in [-0.2, -0.15) is 0 Å². The fourth-order valence-electron chi connectivity index (χ4n) is 5.41. The normalized spacial score (nSPS) is 11.7. The molecule has 35 heavy (non-hydrogen) atoms. The van der Waals surface area contributed by atoms with Gasteiger partial charge in [-0.15, -0.1) is 0 Å². The summed E-state index contributed by atoms with van der Waals surface area (Å²) < 4.78 is 2.33. The number of hydrogen-bond donors (Lipinski definition) is 2. The van der Waals surface area contributed by atoms with E-state index in [1.807, 2.05) is 18.2 Å². The topological polar surface area (TPSA) is 57.0 Å². The van der Waals surface area contributed by atoms with Crippen molar-refractivity contribution in [1.29, 1.82) is 0 Å². The van der Waals surface area contributed by atoms with Gasteiger partial charge in [0.1, 0.15) is 0 Å². The molecule has 0 amide bonds. The Labute approximate surface area is 202 Å². The predicted octanol–water partition coefficient (Wildman–Crippen LogP) is 7.92. The lowest BCUT2D eigenvalue weighted by Crippen LogP contribution is -1.94. The summed E-state index contributed by atoms with van der Waals surface area (Å²) >= 11 is 0. The van der Waals surface area contributed by atoms with Gasteiger partial charge in [-0.25, -0.2) is 0 Å². The van der Waals surface area contributed by atoms with Crippen molar-refractivity contribution in [3.63, 3.8) is 0 Å². The number of aromatic nitrogens is 1.